The lowest BCUT2D eigenvalue weighted by Gasteiger charge is -2.14. The van der Waals surface area contributed by atoms with Crippen molar-refractivity contribution in [2.24, 2.45) is 4.99 Å². The number of guanidine groups is 1. The van der Waals surface area contributed by atoms with Crippen LogP contribution in [0.3, 0.4) is 0 Å². The highest BCUT2D eigenvalue weighted by Gasteiger charge is 1.99. The standard InChI is InChI=1S/C12H20N4O/c1-10(2)16-12(13-3)15-7-8-17-11-5-4-6-14-9-11/h4-6,9-10H,7-8H2,1-3H3,(H2,13,15,16). The van der Waals surface area contributed by atoms with Gasteiger partial charge in [0, 0.05) is 19.3 Å². The molecule has 1 aromatic rings. The summed E-state index contributed by atoms with van der Waals surface area (Å²) in [5, 5.41) is 6.36. The van der Waals surface area contributed by atoms with Crippen LogP contribution in [0.2, 0.25) is 0 Å². The molecule has 1 heterocycles. The predicted octanol–water partition coefficient (Wildman–Crippen LogP) is 1.03. The number of hydrogen-bond acceptors (Lipinski definition) is 3. The molecule has 17 heavy (non-hydrogen) atoms. The van der Waals surface area contributed by atoms with Crippen molar-refractivity contribution in [3.63, 3.8) is 0 Å². The Balaban J connectivity index is 2.19. The highest BCUT2D eigenvalue weighted by molar-refractivity contribution is 5.79. The average Bonchev–Trinajstić information content (AvgIpc) is 2.34. The number of nitrogens with one attached hydrogen (secondary N) is 2. The molecule has 0 atom stereocenters. The second-order valence-corrected chi connectivity index (χ2v) is 3.84. The first-order valence-corrected chi connectivity index (χ1v) is 5.72. The van der Waals surface area contributed by atoms with Crippen LogP contribution >= 0.6 is 0 Å². The summed E-state index contributed by atoms with van der Waals surface area (Å²) in [6, 6.07) is 4.09. The maximum Gasteiger partial charge on any atom is 0.191 e. The van der Waals surface area contributed by atoms with Crippen LogP contribution in [0.4, 0.5) is 0 Å². The van der Waals surface area contributed by atoms with Crippen molar-refractivity contribution in [2.45, 2.75) is 19.9 Å². The van der Waals surface area contributed by atoms with Crippen LogP contribution in [0, 0.1) is 0 Å². The summed E-state index contributed by atoms with van der Waals surface area (Å²) in [7, 11) is 1.75. The first-order valence-electron chi connectivity index (χ1n) is 5.72. The highest BCUT2D eigenvalue weighted by Crippen LogP contribution is 2.04. The number of ether oxygens (including phenoxy) is 1. The van der Waals surface area contributed by atoms with Gasteiger partial charge in [-0.3, -0.25) is 9.98 Å². The van der Waals surface area contributed by atoms with Gasteiger partial charge < -0.3 is 15.4 Å². The van der Waals surface area contributed by atoms with E-state index < -0.39 is 0 Å². The number of hydrogen-bond donors (Lipinski definition) is 2. The summed E-state index contributed by atoms with van der Waals surface area (Å²) in [5.74, 6) is 1.57. The van der Waals surface area contributed by atoms with Gasteiger partial charge in [-0.25, -0.2) is 0 Å². The maximum atomic E-state index is 5.50. The Morgan fingerprint density at radius 1 is 1.53 bits per heavy atom. The Morgan fingerprint density at radius 3 is 2.94 bits per heavy atom. The first kappa shape index (κ1) is 13.3. The summed E-state index contributed by atoms with van der Waals surface area (Å²) < 4.78 is 5.50. The van der Waals surface area contributed by atoms with Crippen LogP contribution in [0.15, 0.2) is 29.5 Å². The van der Waals surface area contributed by atoms with Crippen LogP contribution in [0.25, 0.3) is 0 Å². The third-order valence-corrected chi connectivity index (χ3v) is 1.95. The first-order chi connectivity index (χ1) is 8.22. The molecule has 0 fully saturated rings. The molecule has 0 amide bonds. The molecule has 0 aromatic carbocycles. The molecule has 0 unspecified atom stereocenters. The van der Waals surface area contributed by atoms with E-state index in [4.69, 9.17) is 4.74 Å². The quantitative estimate of drug-likeness (QED) is 0.455. The molecule has 0 spiro atoms. The zero-order valence-electron chi connectivity index (χ0n) is 10.6. The smallest absolute Gasteiger partial charge is 0.191 e. The van der Waals surface area contributed by atoms with E-state index in [0.29, 0.717) is 19.2 Å². The van der Waals surface area contributed by atoms with E-state index in [1.54, 1.807) is 19.4 Å². The van der Waals surface area contributed by atoms with Crippen molar-refractivity contribution in [1.29, 1.82) is 0 Å². The lowest BCUT2D eigenvalue weighted by Crippen LogP contribution is -2.42. The molecule has 0 aliphatic carbocycles. The van der Waals surface area contributed by atoms with Crippen molar-refractivity contribution >= 4 is 5.96 Å². The maximum absolute atomic E-state index is 5.50. The molecule has 1 aromatic heterocycles. The lowest BCUT2D eigenvalue weighted by atomic mass is 10.4. The molecule has 0 aliphatic heterocycles. The van der Waals surface area contributed by atoms with Crippen LogP contribution in [-0.2, 0) is 0 Å². The van der Waals surface area contributed by atoms with E-state index in [9.17, 15) is 0 Å². The van der Waals surface area contributed by atoms with Gasteiger partial charge in [0.1, 0.15) is 12.4 Å². The Morgan fingerprint density at radius 2 is 2.35 bits per heavy atom. The Kier molecular flexibility index (Phi) is 5.85. The van der Waals surface area contributed by atoms with Gasteiger partial charge in [-0.15, -0.1) is 0 Å². The fraction of sp³-hybridized carbons (Fsp3) is 0.500. The minimum Gasteiger partial charge on any atom is -0.490 e. The van der Waals surface area contributed by atoms with Gasteiger partial charge in [-0.2, -0.15) is 0 Å². The lowest BCUT2D eigenvalue weighted by molar-refractivity contribution is 0.320. The van der Waals surface area contributed by atoms with Gasteiger partial charge in [0.05, 0.1) is 12.7 Å². The molecular weight excluding hydrogens is 216 g/mol. The van der Waals surface area contributed by atoms with Crippen molar-refractivity contribution in [3.8, 4) is 5.75 Å². The molecule has 5 heteroatoms. The summed E-state index contributed by atoms with van der Waals surface area (Å²) in [6.45, 7) is 5.41. The fourth-order valence-corrected chi connectivity index (χ4v) is 1.24. The molecule has 0 saturated carbocycles. The zero-order valence-corrected chi connectivity index (χ0v) is 10.6. The van der Waals surface area contributed by atoms with Crippen molar-refractivity contribution in [1.82, 2.24) is 15.6 Å². The predicted molar refractivity (Wildman–Crippen MR) is 69.4 cm³/mol. The van der Waals surface area contributed by atoms with Crippen LogP contribution in [0.1, 0.15) is 13.8 Å². The minimum atomic E-state index is 0.362. The van der Waals surface area contributed by atoms with Gasteiger partial charge in [-0.05, 0) is 26.0 Å². The Hall–Kier alpha value is -1.78. The molecule has 1 rings (SSSR count). The molecule has 0 bridgehead atoms. The molecular formula is C12H20N4O. The van der Waals surface area contributed by atoms with Gasteiger partial charge in [0.15, 0.2) is 5.96 Å². The summed E-state index contributed by atoms with van der Waals surface area (Å²) in [5.41, 5.74) is 0. The zero-order chi connectivity index (χ0) is 12.5. The SMILES string of the molecule is CN=C(NCCOc1cccnc1)NC(C)C. The molecule has 0 saturated heterocycles. The summed E-state index contributed by atoms with van der Waals surface area (Å²) in [6.07, 6.45) is 3.42. The number of nitrogens with zero attached hydrogens (tertiary/aromatic N) is 2. The molecule has 5 nitrogen and oxygen atoms in total. The third-order valence-electron chi connectivity index (χ3n) is 1.95. The van der Waals surface area contributed by atoms with Crippen LogP contribution in [-0.4, -0.2) is 37.2 Å². The molecule has 0 radical (unpaired) electrons. The van der Waals surface area contributed by atoms with Gasteiger partial charge in [-0.1, -0.05) is 0 Å². The second kappa shape index (κ2) is 7.49. The molecule has 94 valence electrons. The monoisotopic (exact) mass is 236 g/mol. The third kappa shape index (κ3) is 5.75. The minimum absolute atomic E-state index is 0.362. The summed E-state index contributed by atoms with van der Waals surface area (Å²) in [4.78, 5) is 8.07. The Bertz CT molecular complexity index is 338. The Labute approximate surface area is 102 Å². The van der Waals surface area contributed by atoms with Crippen molar-refractivity contribution in [2.75, 3.05) is 20.2 Å². The van der Waals surface area contributed by atoms with Crippen molar-refractivity contribution < 1.29 is 4.74 Å². The number of aromatic nitrogens is 1. The summed E-state index contributed by atoms with van der Waals surface area (Å²) >= 11 is 0. The number of pyridine rings is 1. The van der Waals surface area contributed by atoms with Gasteiger partial charge >= 0.3 is 0 Å². The van der Waals surface area contributed by atoms with E-state index in [2.05, 4.69) is 34.5 Å². The molecule has 0 aliphatic rings. The van der Waals surface area contributed by atoms with Crippen LogP contribution in [0.5, 0.6) is 5.75 Å². The van der Waals surface area contributed by atoms with E-state index in [0.717, 1.165) is 11.7 Å². The van der Waals surface area contributed by atoms with E-state index in [1.165, 1.54) is 0 Å². The van der Waals surface area contributed by atoms with E-state index >= 15 is 0 Å². The second-order valence-electron chi connectivity index (χ2n) is 3.84. The molecule has 2 N–H and O–H groups in total. The van der Waals surface area contributed by atoms with Crippen molar-refractivity contribution in [3.05, 3.63) is 24.5 Å². The largest absolute Gasteiger partial charge is 0.490 e. The highest BCUT2D eigenvalue weighted by atomic mass is 16.5. The van der Waals surface area contributed by atoms with Crippen LogP contribution < -0.4 is 15.4 Å². The topological polar surface area (TPSA) is 58.5 Å². The number of aliphatic imine (C=N–C) groups is 1. The average molecular weight is 236 g/mol. The van der Waals surface area contributed by atoms with E-state index in [-0.39, 0.29) is 0 Å². The fourth-order valence-electron chi connectivity index (χ4n) is 1.24. The van der Waals surface area contributed by atoms with Gasteiger partial charge in [0.2, 0.25) is 0 Å². The van der Waals surface area contributed by atoms with E-state index in [1.807, 2.05) is 12.1 Å². The van der Waals surface area contributed by atoms with Gasteiger partial charge in [0.25, 0.3) is 0 Å². The number of rotatable bonds is 5. The normalized spacial score (nSPS) is 11.4.